The number of methoxy groups -OCH3 is 1. The number of hydrogen-bond donors (Lipinski definition) is 0. The van der Waals surface area contributed by atoms with Gasteiger partial charge in [-0.1, -0.05) is 42.5 Å². The predicted octanol–water partition coefficient (Wildman–Crippen LogP) is 3.52. The third-order valence-corrected chi connectivity index (χ3v) is 3.07. The molecule has 1 atom stereocenters. The first kappa shape index (κ1) is 13.3. The van der Waals surface area contributed by atoms with E-state index in [-0.39, 0.29) is 24.1 Å². The van der Waals surface area contributed by atoms with Crippen LogP contribution in [0.15, 0.2) is 54.6 Å². The van der Waals surface area contributed by atoms with Crippen molar-refractivity contribution in [1.29, 1.82) is 0 Å². The highest BCUT2D eigenvalue weighted by Gasteiger charge is 2.18. The second-order valence-corrected chi connectivity index (χ2v) is 4.30. The van der Waals surface area contributed by atoms with Gasteiger partial charge in [-0.3, -0.25) is 4.79 Å². The molecule has 1 unspecified atom stereocenters. The van der Waals surface area contributed by atoms with Crippen molar-refractivity contribution in [3.63, 3.8) is 0 Å². The lowest BCUT2D eigenvalue weighted by molar-refractivity contribution is -0.140. The van der Waals surface area contributed by atoms with E-state index in [2.05, 4.69) is 0 Å². The van der Waals surface area contributed by atoms with Gasteiger partial charge in [-0.05, 0) is 23.3 Å². The molecular weight excluding hydrogens is 243 g/mol. The fourth-order valence-corrected chi connectivity index (χ4v) is 2.06. The molecule has 0 spiro atoms. The van der Waals surface area contributed by atoms with Crippen LogP contribution in [0.25, 0.3) is 0 Å². The molecule has 0 aliphatic rings. The number of carbonyl (C=O) groups excluding carboxylic acids is 1. The zero-order chi connectivity index (χ0) is 13.7. The number of hydrogen-bond acceptors (Lipinski definition) is 2. The van der Waals surface area contributed by atoms with Crippen LogP contribution in [-0.2, 0) is 9.53 Å². The molecule has 0 bridgehead atoms. The summed E-state index contributed by atoms with van der Waals surface area (Å²) in [6.45, 7) is 0. The van der Waals surface area contributed by atoms with Crippen LogP contribution >= 0.6 is 0 Å². The quantitative estimate of drug-likeness (QED) is 0.784. The summed E-state index contributed by atoms with van der Waals surface area (Å²) in [5, 5.41) is 0. The molecular formula is C16H15FO2. The fourth-order valence-electron chi connectivity index (χ4n) is 2.06. The van der Waals surface area contributed by atoms with Crippen LogP contribution in [0.1, 0.15) is 23.5 Å². The van der Waals surface area contributed by atoms with E-state index in [1.807, 2.05) is 30.3 Å². The summed E-state index contributed by atoms with van der Waals surface area (Å²) in [5.74, 6) is -0.680. The number of esters is 1. The predicted molar refractivity (Wildman–Crippen MR) is 71.3 cm³/mol. The number of ether oxygens (including phenoxy) is 1. The molecule has 2 aromatic carbocycles. The van der Waals surface area contributed by atoms with Crippen molar-refractivity contribution in [3.8, 4) is 0 Å². The molecule has 0 radical (unpaired) electrons. The van der Waals surface area contributed by atoms with Crippen molar-refractivity contribution in [3.05, 3.63) is 71.5 Å². The highest BCUT2D eigenvalue weighted by Crippen LogP contribution is 2.28. The van der Waals surface area contributed by atoms with E-state index in [4.69, 9.17) is 4.74 Å². The van der Waals surface area contributed by atoms with Gasteiger partial charge in [0.2, 0.25) is 0 Å². The number of benzene rings is 2. The van der Waals surface area contributed by atoms with Crippen molar-refractivity contribution in [2.24, 2.45) is 0 Å². The second kappa shape index (κ2) is 6.14. The van der Waals surface area contributed by atoms with Gasteiger partial charge in [-0.2, -0.15) is 0 Å². The monoisotopic (exact) mass is 258 g/mol. The van der Waals surface area contributed by atoms with Crippen molar-refractivity contribution in [2.75, 3.05) is 7.11 Å². The molecule has 0 amide bonds. The van der Waals surface area contributed by atoms with Gasteiger partial charge in [0.25, 0.3) is 0 Å². The summed E-state index contributed by atoms with van der Waals surface area (Å²) >= 11 is 0. The molecule has 19 heavy (non-hydrogen) atoms. The first-order valence-corrected chi connectivity index (χ1v) is 6.08. The van der Waals surface area contributed by atoms with E-state index in [9.17, 15) is 9.18 Å². The Morgan fingerprint density at radius 2 is 1.63 bits per heavy atom. The lowest BCUT2D eigenvalue weighted by Crippen LogP contribution is -2.10. The van der Waals surface area contributed by atoms with E-state index in [1.165, 1.54) is 19.2 Å². The lowest BCUT2D eigenvalue weighted by Gasteiger charge is -2.16. The van der Waals surface area contributed by atoms with E-state index >= 15 is 0 Å². The van der Waals surface area contributed by atoms with Gasteiger partial charge in [-0.25, -0.2) is 4.39 Å². The molecule has 0 saturated heterocycles. The van der Waals surface area contributed by atoms with Crippen LogP contribution in [0.5, 0.6) is 0 Å². The van der Waals surface area contributed by atoms with E-state index < -0.39 is 0 Å². The van der Waals surface area contributed by atoms with E-state index in [0.29, 0.717) is 0 Å². The molecule has 0 aliphatic heterocycles. The zero-order valence-corrected chi connectivity index (χ0v) is 10.7. The fraction of sp³-hybridized carbons (Fsp3) is 0.188. The molecule has 3 heteroatoms. The Morgan fingerprint density at radius 3 is 2.21 bits per heavy atom. The lowest BCUT2D eigenvalue weighted by atomic mass is 9.88. The molecule has 0 heterocycles. The Morgan fingerprint density at radius 1 is 1.05 bits per heavy atom. The standard InChI is InChI=1S/C16H15FO2/c1-19-16(18)11-15(12-5-3-2-4-6-12)13-7-9-14(17)10-8-13/h2-10,15H,11H2,1H3. The molecule has 0 aromatic heterocycles. The Hall–Kier alpha value is -2.16. The third kappa shape index (κ3) is 3.41. The minimum atomic E-state index is -0.284. The summed E-state index contributed by atoms with van der Waals surface area (Å²) in [6, 6.07) is 15.9. The van der Waals surface area contributed by atoms with Gasteiger partial charge < -0.3 is 4.74 Å². The summed E-state index contributed by atoms with van der Waals surface area (Å²) < 4.78 is 17.7. The maximum Gasteiger partial charge on any atom is 0.306 e. The molecule has 0 N–H and O–H groups in total. The van der Waals surface area contributed by atoms with Crippen LogP contribution < -0.4 is 0 Å². The first-order valence-electron chi connectivity index (χ1n) is 6.08. The second-order valence-electron chi connectivity index (χ2n) is 4.30. The van der Waals surface area contributed by atoms with Crippen LogP contribution in [0.2, 0.25) is 0 Å². The van der Waals surface area contributed by atoms with Gasteiger partial charge >= 0.3 is 5.97 Å². The summed E-state index contributed by atoms with van der Waals surface area (Å²) in [4.78, 5) is 11.5. The number of carbonyl (C=O) groups is 1. The summed E-state index contributed by atoms with van der Waals surface area (Å²) in [6.07, 6.45) is 0.242. The van der Waals surface area contributed by atoms with Gasteiger partial charge in [0.1, 0.15) is 5.82 Å². The van der Waals surface area contributed by atoms with Crippen LogP contribution in [0.4, 0.5) is 4.39 Å². The van der Waals surface area contributed by atoms with Crippen molar-refractivity contribution in [2.45, 2.75) is 12.3 Å². The molecule has 2 nitrogen and oxygen atoms in total. The smallest absolute Gasteiger partial charge is 0.306 e. The maximum atomic E-state index is 13.0. The SMILES string of the molecule is COC(=O)CC(c1ccccc1)c1ccc(F)cc1. The van der Waals surface area contributed by atoms with Crippen LogP contribution in [0, 0.1) is 5.82 Å². The van der Waals surface area contributed by atoms with Crippen LogP contribution in [-0.4, -0.2) is 13.1 Å². The Kier molecular flexibility index (Phi) is 4.29. The first-order chi connectivity index (χ1) is 9.20. The molecule has 0 aliphatic carbocycles. The number of rotatable bonds is 4. The molecule has 0 fully saturated rings. The minimum Gasteiger partial charge on any atom is -0.469 e. The summed E-state index contributed by atoms with van der Waals surface area (Å²) in [7, 11) is 1.37. The van der Waals surface area contributed by atoms with Crippen molar-refractivity contribution < 1.29 is 13.9 Å². The highest BCUT2D eigenvalue weighted by molar-refractivity contribution is 5.71. The normalized spacial score (nSPS) is 11.9. The van der Waals surface area contributed by atoms with Gasteiger partial charge in [0.05, 0.1) is 13.5 Å². The van der Waals surface area contributed by atoms with Crippen molar-refractivity contribution in [1.82, 2.24) is 0 Å². The summed E-state index contributed by atoms with van der Waals surface area (Å²) in [5.41, 5.74) is 1.91. The largest absolute Gasteiger partial charge is 0.469 e. The average molecular weight is 258 g/mol. The molecule has 98 valence electrons. The van der Waals surface area contributed by atoms with Crippen LogP contribution in [0.3, 0.4) is 0 Å². The zero-order valence-electron chi connectivity index (χ0n) is 10.7. The van der Waals surface area contributed by atoms with E-state index in [0.717, 1.165) is 11.1 Å². The molecule has 0 saturated carbocycles. The Bertz CT molecular complexity index is 534. The third-order valence-electron chi connectivity index (χ3n) is 3.07. The van der Waals surface area contributed by atoms with Crippen molar-refractivity contribution >= 4 is 5.97 Å². The molecule has 2 aromatic rings. The highest BCUT2D eigenvalue weighted by atomic mass is 19.1. The maximum absolute atomic E-state index is 13.0. The topological polar surface area (TPSA) is 26.3 Å². The van der Waals surface area contributed by atoms with Gasteiger partial charge in [-0.15, -0.1) is 0 Å². The average Bonchev–Trinajstić information content (AvgIpc) is 2.46. The molecule has 2 rings (SSSR count). The van der Waals surface area contributed by atoms with Gasteiger partial charge in [0.15, 0.2) is 0 Å². The van der Waals surface area contributed by atoms with Gasteiger partial charge in [0, 0.05) is 5.92 Å². The number of halogens is 1. The minimum absolute atomic E-state index is 0.116. The van der Waals surface area contributed by atoms with E-state index in [1.54, 1.807) is 12.1 Å². The Labute approximate surface area is 111 Å². The Balaban J connectivity index is 2.34.